The molecule has 32 heavy (non-hydrogen) atoms. The molecule has 0 aliphatic rings. The zero-order chi connectivity index (χ0) is 23.6. The Hall–Kier alpha value is -3.91. The zero-order valence-electron chi connectivity index (χ0n) is 17.8. The summed E-state index contributed by atoms with van der Waals surface area (Å²) in [5, 5.41) is 13.0. The molecular weight excluding hydrogens is 434 g/mol. The summed E-state index contributed by atoms with van der Waals surface area (Å²) in [4.78, 5) is 39.4. The normalized spacial score (nSPS) is 11.7. The van der Waals surface area contributed by atoms with Crippen LogP contribution in [0.25, 0.3) is 10.9 Å². The third-order valence-electron chi connectivity index (χ3n) is 4.82. The summed E-state index contributed by atoms with van der Waals surface area (Å²) in [7, 11) is 3.28. The van der Waals surface area contributed by atoms with E-state index in [9.17, 15) is 14.9 Å². The van der Waals surface area contributed by atoms with Crippen LogP contribution in [0.3, 0.4) is 0 Å². The Balaban J connectivity index is 2.12. The number of benzene rings is 1. The lowest BCUT2D eigenvalue weighted by molar-refractivity contribution is -0.128. The van der Waals surface area contributed by atoms with Crippen molar-refractivity contribution in [2.24, 2.45) is 0 Å². The van der Waals surface area contributed by atoms with Gasteiger partial charge in [0.1, 0.15) is 23.3 Å². The number of nitrogens with zero attached hydrogens (tertiary/aromatic N) is 6. The number of anilines is 3. The Morgan fingerprint density at radius 2 is 2.03 bits per heavy atom. The van der Waals surface area contributed by atoms with E-state index >= 15 is 0 Å². The number of rotatable bonds is 6. The van der Waals surface area contributed by atoms with Crippen molar-refractivity contribution in [3.8, 4) is 6.07 Å². The summed E-state index contributed by atoms with van der Waals surface area (Å²) >= 11 is 6.26. The topological polar surface area (TPSA) is 169 Å². The van der Waals surface area contributed by atoms with E-state index < -0.39 is 6.04 Å². The van der Waals surface area contributed by atoms with Gasteiger partial charge in [-0.3, -0.25) is 14.2 Å². The molecule has 0 aliphatic carbocycles. The fourth-order valence-electron chi connectivity index (χ4n) is 3.20. The highest BCUT2D eigenvalue weighted by molar-refractivity contribution is 6.35. The number of aromatic nitrogens is 4. The van der Waals surface area contributed by atoms with Gasteiger partial charge in [-0.15, -0.1) is 0 Å². The van der Waals surface area contributed by atoms with Crippen molar-refractivity contribution in [3.63, 3.8) is 0 Å². The Bertz CT molecular complexity index is 1300. The van der Waals surface area contributed by atoms with E-state index in [2.05, 4.69) is 20.3 Å². The summed E-state index contributed by atoms with van der Waals surface area (Å²) in [6.07, 6.45) is 0.0844. The van der Waals surface area contributed by atoms with Gasteiger partial charge in [0.25, 0.3) is 5.56 Å². The molecule has 166 valence electrons. The van der Waals surface area contributed by atoms with Crippen LogP contribution in [0.4, 0.5) is 17.6 Å². The SMILES string of the molecule is CC(Nc1nc(N)nc(N)c1C#N)c1nc2cccc(Cl)c2c(=O)n1CCC(=O)N(C)C. The van der Waals surface area contributed by atoms with E-state index in [0.717, 1.165) is 0 Å². The van der Waals surface area contributed by atoms with Crippen molar-refractivity contribution in [3.05, 3.63) is 45.0 Å². The molecule has 0 radical (unpaired) electrons. The van der Waals surface area contributed by atoms with Gasteiger partial charge in [-0.2, -0.15) is 15.2 Å². The molecule has 0 fully saturated rings. The lowest BCUT2D eigenvalue weighted by Gasteiger charge is -2.21. The van der Waals surface area contributed by atoms with Gasteiger partial charge in [-0.25, -0.2) is 4.98 Å². The third kappa shape index (κ3) is 4.40. The summed E-state index contributed by atoms with van der Waals surface area (Å²) in [6, 6.07) is 6.30. The number of nitrogens with two attached hydrogens (primary N) is 2. The standard InChI is InChI=1S/C20H22ClN9O2/c1-10(25-17-11(9-22)16(23)27-20(24)28-17)18-26-13-6-4-5-12(21)15(13)19(32)30(18)8-7-14(31)29(2)3/h4-6,10H,7-8H2,1-3H3,(H5,23,24,25,27,28). The van der Waals surface area contributed by atoms with E-state index in [1.807, 2.05) is 6.07 Å². The maximum atomic E-state index is 13.3. The molecule has 0 saturated heterocycles. The van der Waals surface area contributed by atoms with E-state index in [1.54, 1.807) is 39.2 Å². The van der Waals surface area contributed by atoms with Crippen LogP contribution in [-0.2, 0) is 11.3 Å². The first-order valence-corrected chi connectivity index (χ1v) is 10.0. The van der Waals surface area contributed by atoms with Gasteiger partial charge < -0.3 is 21.7 Å². The predicted octanol–water partition coefficient (Wildman–Crippen LogP) is 1.53. The molecule has 5 N–H and O–H groups in total. The number of fused-ring (bicyclic) bond motifs is 1. The van der Waals surface area contributed by atoms with Crippen LogP contribution in [-0.4, -0.2) is 44.4 Å². The summed E-state index contributed by atoms with van der Waals surface area (Å²) in [5.74, 6) is 0.119. The molecule has 3 rings (SSSR count). The quantitative estimate of drug-likeness (QED) is 0.498. The number of hydrogen-bond donors (Lipinski definition) is 3. The lowest BCUT2D eigenvalue weighted by atomic mass is 10.2. The third-order valence-corrected chi connectivity index (χ3v) is 5.13. The first kappa shape index (κ1) is 22.8. The van der Waals surface area contributed by atoms with E-state index in [4.69, 9.17) is 23.1 Å². The van der Waals surface area contributed by atoms with Crippen LogP contribution < -0.4 is 22.3 Å². The molecule has 11 nitrogen and oxygen atoms in total. The number of carbonyl (C=O) groups is 1. The average Bonchev–Trinajstić information content (AvgIpc) is 2.72. The number of nitrogens with one attached hydrogen (secondary N) is 1. The minimum absolute atomic E-state index is 0.0200. The number of nitrogen functional groups attached to an aromatic ring is 2. The average molecular weight is 456 g/mol. The van der Waals surface area contributed by atoms with Crippen LogP contribution in [0.15, 0.2) is 23.0 Å². The smallest absolute Gasteiger partial charge is 0.262 e. The van der Waals surface area contributed by atoms with Crippen molar-refractivity contribution >= 4 is 46.0 Å². The van der Waals surface area contributed by atoms with Crippen LogP contribution in [0.5, 0.6) is 0 Å². The van der Waals surface area contributed by atoms with Gasteiger partial charge in [-0.1, -0.05) is 17.7 Å². The van der Waals surface area contributed by atoms with E-state index in [0.29, 0.717) is 11.3 Å². The second-order valence-electron chi connectivity index (χ2n) is 7.27. The molecule has 1 amide bonds. The van der Waals surface area contributed by atoms with Gasteiger partial charge >= 0.3 is 0 Å². The molecule has 0 saturated carbocycles. The molecule has 1 atom stereocenters. The predicted molar refractivity (Wildman–Crippen MR) is 122 cm³/mol. The maximum absolute atomic E-state index is 13.3. The highest BCUT2D eigenvalue weighted by Gasteiger charge is 2.21. The Kier molecular flexibility index (Phi) is 6.45. The number of carbonyl (C=O) groups excluding carboxylic acids is 1. The molecule has 0 spiro atoms. The van der Waals surface area contributed by atoms with Crippen molar-refractivity contribution in [1.29, 1.82) is 5.26 Å². The number of nitriles is 1. The minimum atomic E-state index is -0.610. The molecule has 0 aliphatic heterocycles. The van der Waals surface area contributed by atoms with Gasteiger partial charge in [-0.05, 0) is 19.1 Å². The number of amides is 1. The molecule has 2 heterocycles. The number of hydrogen-bond acceptors (Lipinski definition) is 9. The van der Waals surface area contributed by atoms with Crippen LogP contribution in [0.1, 0.15) is 30.8 Å². The minimum Gasteiger partial charge on any atom is -0.382 e. The zero-order valence-corrected chi connectivity index (χ0v) is 18.5. The van der Waals surface area contributed by atoms with Gasteiger partial charge in [0.2, 0.25) is 11.9 Å². The molecule has 12 heteroatoms. The summed E-state index contributed by atoms with van der Waals surface area (Å²) < 4.78 is 1.40. The second kappa shape index (κ2) is 9.07. The molecular formula is C20H22ClN9O2. The molecule has 2 aromatic heterocycles. The molecule has 3 aromatic rings. The fourth-order valence-corrected chi connectivity index (χ4v) is 3.45. The highest BCUT2D eigenvalue weighted by Crippen LogP contribution is 2.25. The maximum Gasteiger partial charge on any atom is 0.262 e. The molecule has 1 aromatic carbocycles. The first-order valence-electron chi connectivity index (χ1n) is 9.62. The van der Waals surface area contributed by atoms with Crippen molar-refractivity contribution in [2.45, 2.75) is 25.9 Å². The van der Waals surface area contributed by atoms with Gasteiger partial charge in [0, 0.05) is 27.1 Å². The summed E-state index contributed by atoms with van der Waals surface area (Å²) in [5.41, 5.74) is 11.5. The van der Waals surface area contributed by atoms with Crippen LogP contribution in [0.2, 0.25) is 5.02 Å². The van der Waals surface area contributed by atoms with Crippen molar-refractivity contribution in [2.75, 3.05) is 30.9 Å². The second-order valence-corrected chi connectivity index (χ2v) is 7.67. The first-order chi connectivity index (χ1) is 15.1. The van der Waals surface area contributed by atoms with Gasteiger partial charge in [0.15, 0.2) is 5.82 Å². The Morgan fingerprint density at radius 1 is 1.31 bits per heavy atom. The number of halogens is 1. The van der Waals surface area contributed by atoms with Gasteiger partial charge in [0.05, 0.1) is 22.0 Å². The lowest BCUT2D eigenvalue weighted by Crippen LogP contribution is -2.31. The Labute approximate surface area is 188 Å². The monoisotopic (exact) mass is 455 g/mol. The van der Waals surface area contributed by atoms with E-state index in [-0.39, 0.29) is 58.0 Å². The van der Waals surface area contributed by atoms with Crippen molar-refractivity contribution in [1.82, 2.24) is 24.4 Å². The van der Waals surface area contributed by atoms with Crippen LogP contribution in [0, 0.1) is 11.3 Å². The largest absolute Gasteiger partial charge is 0.382 e. The van der Waals surface area contributed by atoms with Crippen LogP contribution >= 0.6 is 11.6 Å². The fraction of sp³-hybridized carbons (Fsp3) is 0.300. The highest BCUT2D eigenvalue weighted by atomic mass is 35.5. The summed E-state index contributed by atoms with van der Waals surface area (Å²) in [6.45, 7) is 1.82. The van der Waals surface area contributed by atoms with Crippen molar-refractivity contribution < 1.29 is 4.79 Å². The molecule has 0 bridgehead atoms. The molecule has 1 unspecified atom stereocenters. The van der Waals surface area contributed by atoms with E-state index in [1.165, 1.54) is 9.47 Å². The Morgan fingerprint density at radius 3 is 2.69 bits per heavy atom.